The van der Waals surface area contributed by atoms with Gasteiger partial charge in [0, 0.05) is 6.54 Å². The number of hydrogen-bond acceptors (Lipinski definition) is 2. The molecule has 0 spiro atoms. The molecule has 94 valence electrons. The van der Waals surface area contributed by atoms with E-state index in [4.69, 9.17) is 5.11 Å². The summed E-state index contributed by atoms with van der Waals surface area (Å²) in [6.07, 6.45) is 0. The van der Waals surface area contributed by atoms with Crippen LogP contribution in [-0.2, 0) is 11.3 Å². The van der Waals surface area contributed by atoms with Crippen LogP contribution in [0.1, 0.15) is 27.8 Å². The van der Waals surface area contributed by atoms with E-state index in [1.54, 1.807) is 0 Å². The number of carbonyl (C=O) groups is 1. The molecule has 1 rings (SSSR count). The minimum absolute atomic E-state index is 0.0753. The highest BCUT2D eigenvalue weighted by atomic mass is 16.4. The molecule has 0 aliphatic rings. The van der Waals surface area contributed by atoms with Gasteiger partial charge in [-0.2, -0.15) is 0 Å². The van der Waals surface area contributed by atoms with Gasteiger partial charge in [-0.25, -0.2) is 0 Å². The van der Waals surface area contributed by atoms with Crippen LogP contribution >= 0.6 is 0 Å². The van der Waals surface area contributed by atoms with Crippen LogP contribution in [-0.4, -0.2) is 29.6 Å². The highest BCUT2D eigenvalue weighted by Crippen LogP contribution is 2.22. The Morgan fingerprint density at radius 3 is 2.06 bits per heavy atom. The molecule has 0 atom stereocenters. The van der Waals surface area contributed by atoms with Crippen molar-refractivity contribution in [2.75, 3.05) is 13.6 Å². The maximum Gasteiger partial charge on any atom is 0.317 e. The Kier molecular flexibility index (Phi) is 4.29. The van der Waals surface area contributed by atoms with Crippen molar-refractivity contribution in [3.05, 3.63) is 33.9 Å². The molecule has 17 heavy (non-hydrogen) atoms. The first-order valence-electron chi connectivity index (χ1n) is 5.79. The molecule has 1 N–H and O–H groups in total. The molecule has 0 amide bonds. The summed E-state index contributed by atoms with van der Waals surface area (Å²) in [7, 11) is 1.84. The fourth-order valence-electron chi connectivity index (χ4n) is 2.09. The molecule has 1 aromatic carbocycles. The molecule has 0 aliphatic heterocycles. The zero-order valence-corrected chi connectivity index (χ0v) is 11.3. The number of rotatable bonds is 4. The van der Waals surface area contributed by atoms with E-state index in [0.717, 1.165) is 0 Å². The Balaban J connectivity index is 3.01. The van der Waals surface area contributed by atoms with Gasteiger partial charge in [-0.3, -0.25) is 9.69 Å². The van der Waals surface area contributed by atoms with Crippen molar-refractivity contribution in [3.63, 3.8) is 0 Å². The molecule has 0 bridgehead atoms. The van der Waals surface area contributed by atoms with Crippen molar-refractivity contribution < 1.29 is 9.90 Å². The minimum Gasteiger partial charge on any atom is -0.480 e. The molecular weight excluding hydrogens is 214 g/mol. The maximum absolute atomic E-state index is 10.7. The maximum atomic E-state index is 10.7. The van der Waals surface area contributed by atoms with E-state index >= 15 is 0 Å². The quantitative estimate of drug-likeness (QED) is 0.871. The molecule has 0 aliphatic carbocycles. The molecule has 0 unspecified atom stereocenters. The predicted molar refractivity (Wildman–Crippen MR) is 69.4 cm³/mol. The summed E-state index contributed by atoms with van der Waals surface area (Å²) in [5.41, 5.74) is 6.33. The van der Waals surface area contributed by atoms with Crippen molar-refractivity contribution in [1.29, 1.82) is 0 Å². The van der Waals surface area contributed by atoms with Gasteiger partial charge >= 0.3 is 5.97 Å². The van der Waals surface area contributed by atoms with Crippen molar-refractivity contribution >= 4 is 5.97 Å². The van der Waals surface area contributed by atoms with E-state index < -0.39 is 5.97 Å². The van der Waals surface area contributed by atoms with Crippen LogP contribution in [0.15, 0.2) is 6.07 Å². The second-order valence-electron chi connectivity index (χ2n) is 4.80. The van der Waals surface area contributed by atoms with E-state index in [-0.39, 0.29) is 6.54 Å². The van der Waals surface area contributed by atoms with Gasteiger partial charge in [0.2, 0.25) is 0 Å². The number of nitrogens with zero attached hydrogens (tertiary/aromatic N) is 1. The third-order valence-electron chi connectivity index (χ3n) is 3.35. The molecule has 0 saturated carbocycles. The predicted octanol–water partition coefficient (Wildman–Crippen LogP) is 2.44. The van der Waals surface area contributed by atoms with Crippen LogP contribution in [0.4, 0.5) is 0 Å². The van der Waals surface area contributed by atoms with E-state index in [1.807, 2.05) is 11.9 Å². The summed E-state index contributed by atoms with van der Waals surface area (Å²) >= 11 is 0. The van der Waals surface area contributed by atoms with Crippen molar-refractivity contribution in [2.45, 2.75) is 34.2 Å². The Morgan fingerprint density at radius 2 is 1.65 bits per heavy atom. The summed E-state index contributed by atoms with van der Waals surface area (Å²) < 4.78 is 0. The van der Waals surface area contributed by atoms with Crippen LogP contribution in [0, 0.1) is 27.7 Å². The first-order valence-corrected chi connectivity index (χ1v) is 5.79. The molecule has 0 aromatic heterocycles. The highest BCUT2D eigenvalue weighted by Gasteiger charge is 2.12. The fraction of sp³-hybridized carbons (Fsp3) is 0.500. The van der Waals surface area contributed by atoms with Gasteiger partial charge in [0.05, 0.1) is 6.54 Å². The number of likely N-dealkylation sites (N-methyl/N-ethyl adjacent to an activating group) is 1. The van der Waals surface area contributed by atoms with Crippen molar-refractivity contribution in [2.24, 2.45) is 0 Å². The second kappa shape index (κ2) is 5.32. The lowest BCUT2D eigenvalue weighted by molar-refractivity contribution is -0.138. The van der Waals surface area contributed by atoms with Gasteiger partial charge in [-0.05, 0) is 62.6 Å². The SMILES string of the molecule is Cc1cc(C)c(C)c(CN(C)CC(=O)O)c1C. The standard InChI is InChI=1S/C14H21NO2/c1-9-6-10(2)12(4)13(11(9)3)7-15(5)8-14(16)17/h6H,7-8H2,1-5H3,(H,16,17). The average Bonchev–Trinajstić information content (AvgIpc) is 2.20. The molecule has 0 radical (unpaired) electrons. The number of hydrogen-bond donors (Lipinski definition) is 1. The summed E-state index contributed by atoms with van der Waals surface area (Å²) in [5, 5.41) is 8.77. The van der Waals surface area contributed by atoms with Crippen LogP contribution in [0.3, 0.4) is 0 Å². The molecule has 0 saturated heterocycles. The lowest BCUT2D eigenvalue weighted by atomic mass is 9.94. The third kappa shape index (κ3) is 3.30. The lowest BCUT2D eigenvalue weighted by Gasteiger charge is -2.20. The fourth-order valence-corrected chi connectivity index (χ4v) is 2.09. The Hall–Kier alpha value is -1.35. The van der Waals surface area contributed by atoms with E-state index in [0.29, 0.717) is 6.54 Å². The zero-order chi connectivity index (χ0) is 13.2. The van der Waals surface area contributed by atoms with Gasteiger partial charge in [-0.15, -0.1) is 0 Å². The highest BCUT2D eigenvalue weighted by molar-refractivity contribution is 5.69. The monoisotopic (exact) mass is 235 g/mol. The van der Waals surface area contributed by atoms with Crippen molar-refractivity contribution in [3.8, 4) is 0 Å². The van der Waals surface area contributed by atoms with E-state index in [2.05, 4.69) is 33.8 Å². The topological polar surface area (TPSA) is 40.5 Å². The zero-order valence-electron chi connectivity index (χ0n) is 11.3. The van der Waals surface area contributed by atoms with E-state index in [1.165, 1.54) is 27.8 Å². The minimum atomic E-state index is -0.785. The molecule has 3 heteroatoms. The first-order chi connectivity index (χ1) is 7.82. The first kappa shape index (κ1) is 13.7. The second-order valence-corrected chi connectivity index (χ2v) is 4.80. The van der Waals surface area contributed by atoms with E-state index in [9.17, 15) is 4.79 Å². The van der Waals surface area contributed by atoms with Gasteiger partial charge in [0.1, 0.15) is 0 Å². The molecular formula is C14H21NO2. The van der Waals surface area contributed by atoms with Crippen molar-refractivity contribution in [1.82, 2.24) is 4.90 Å². The number of carboxylic acid groups (broad SMARTS) is 1. The average molecular weight is 235 g/mol. The number of carboxylic acids is 1. The lowest BCUT2D eigenvalue weighted by Crippen LogP contribution is -2.26. The normalized spacial score (nSPS) is 10.9. The van der Waals surface area contributed by atoms with Crippen LogP contribution in [0.2, 0.25) is 0 Å². The largest absolute Gasteiger partial charge is 0.480 e. The summed E-state index contributed by atoms with van der Waals surface area (Å²) in [6.45, 7) is 9.17. The van der Waals surface area contributed by atoms with Gasteiger partial charge in [0.15, 0.2) is 0 Å². The van der Waals surface area contributed by atoms with Crippen LogP contribution in [0.5, 0.6) is 0 Å². The van der Waals surface area contributed by atoms with Crippen LogP contribution < -0.4 is 0 Å². The number of aryl methyl sites for hydroxylation is 2. The Labute approximate surface area is 103 Å². The Bertz CT molecular complexity index is 412. The molecule has 3 nitrogen and oxygen atoms in total. The molecule has 1 aromatic rings. The molecule has 0 heterocycles. The van der Waals surface area contributed by atoms with Gasteiger partial charge in [0.25, 0.3) is 0 Å². The molecule has 0 fully saturated rings. The summed E-state index contributed by atoms with van der Waals surface area (Å²) in [6, 6.07) is 2.19. The van der Waals surface area contributed by atoms with Crippen LogP contribution in [0.25, 0.3) is 0 Å². The smallest absolute Gasteiger partial charge is 0.317 e. The summed E-state index contributed by atoms with van der Waals surface area (Å²) in [4.78, 5) is 12.5. The Morgan fingerprint density at radius 1 is 1.18 bits per heavy atom. The van der Waals surface area contributed by atoms with Gasteiger partial charge < -0.3 is 5.11 Å². The number of benzene rings is 1. The van der Waals surface area contributed by atoms with Gasteiger partial charge in [-0.1, -0.05) is 6.07 Å². The third-order valence-corrected chi connectivity index (χ3v) is 3.35. The summed E-state index contributed by atoms with van der Waals surface area (Å²) in [5.74, 6) is -0.785. The number of aliphatic carboxylic acids is 1.